The predicted molar refractivity (Wildman–Crippen MR) is 112 cm³/mol. The normalized spacial score (nSPS) is 15.0. The Morgan fingerprint density at radius 2 is 1.77 bits per heavy atom. The van der Waals surface area contributed by atoms with Gasteiger partial charge in [0.1, 0.15) is 5.69 Å². The average molecular weight is 446 g/mol. The molecule has 0 N–H and O–H groups in total. The zero-order valence-corrected chi connectivity index (χ0v) is 17.7. The van der Waals surface area contributed by atoms with Gasteiger partial charge in [-0.25, -0.2) is 13.4 Å². The molecule has 0 spiro atoms. The lowest BCUT2D eigenvalue weighted by Crippen LogP contribution is -2.31. The van der Waals surface area contributed by atoms with E-state index in [1.165, 1.54) is 12.3 Å². The molecule has 2 heterocycles. The molecule has 0 bridgehead atoms. The molecule has 2 aromatic carbocycles. The lowest BCUT2D eigenvalue weighted by atomic mass is 9.98. The van der Waals surface area contributed by atoms with E-state index in [1.54, 1.807) is 12.1 Å². The summed E-state index contributed by atoms with van der Waals surface area (Å²) >= 11 is 0. The molecule has 0 radical (unpaired) electrons. The largest absolute Gasteiger partial charge is 0.433 e. The van der Waals surface area contributed by atoms with Crippen LogP contribution in [-0.2, 0) is 35.5 Å². The second kappa shape index (κ2) is 8.09. The summed E-state index contributed by atoms with van der Waals surface area (Å²) in [5.41, 5.74) is 3.14. The van der Waals surface area contributed by atoms with E-state index < -0.39 is 21.7 Å². The monoisotopic (exact) mass is 446 g/mol. The Hall–Kier alpha value is -2.71. The van der Waals surface area contributed by atoms with Gasteiger partial charge in [0, 0.05) is 38.0 Å². The molecule has 0 aliphatic carbocycles. The van der Waals surface area contributed by atoms with Crippen LogP contribution in [0.2, 0.25) is 0 Å². The summed E-state index contributed by atoms with van der Waals surface area (Å²) in [4.78, 5) is 6.16. The number of halogens is 3. The highest BCUT2D eigenvalue weighted by Crippen LogP contribution is 2.31. The first kappa shape index (κ1) is 21.5. The number of fused-ring (bicyclic) bond motifs is 1. The number of hydrogen-bond donors (Lipinski definition) is 0. The Balaban J connectivity index is 1.64. The first-order valence-electron chi connectivity index (χ1n) is 9.78. The number of pyridine rings is 1. The van der Waals surface area contributed by atoms with Crippen molar-refractivity contribution < 1.29 is 21.6 Å². The number of nitrogens with zero attached hydrogens (tertiary/aromatic N) is 2. The molecule has 4 rings (SSSR count). The number of aromatic nitrogens is 1. The van der Waals surface area contributed by atoms with Crippen molar-refractivity contribution in [2.24, 2.45) is 0 Å². The van der Waals surface area contributed by atoms with Crippen LogP contribution in [0.25, 0.3) is 11.1 Å². The van der Waals surface area contributed by atoms with Crippen LogP contribution in [0.4, 0.5) is 13.2 Å². The Kier molecular flexibility index (Phi) is 5.61. The van der Waals surface area contributed by atoms with Crippen molar-refractivity contribution in [3.05, 3.63) is 83.2 Å². The third kappa shape index (κ3) is 4.80. The van der Waals surface area contributed by atoms with Gasteiger partial charge in [-0.2, -0.15) is 13.2 Å². The summed E-state index contributed by atoms with van der Waals surface area (Å²) < 4.78 is 63.0. The third-order valence-electron chi connectivity index (χ3n) is 5.40. The summed E-state index contributed by atoms with van der Waals surface area (Å²) in [5.74, 6) is 0. The zero-order chi connectivity index (χ0) is 22.2. The fourth-order valence-corrected chi connectivity index (χ4v) is 4.51. The summed E-state index contributed by atoms with van der Waals surface area (Å²) in [6, 6.07) is 17.3. The number of benzene rings is 2. The van der Waals surface area contributed by atoms with Gasteiger partial charge in [0.2, 0.25) is 0 Å². The van der Waals surface area contributed by atoms with Crippen molar-refractivity contribution in [2.45, 2.75) is 30.6 Å². The molecule has 1 aliphatic heterocycles. The number of sulfone groups is 1. The van der Waals surface area contributed by atoms with E-state index in [0.717, 1.165) is 28.3 Å². The minimum atomic E-state index is -4.46. The molecule has 0 amide bonds. The van der Waals surface area contributed by atoms with Gasteiger partial charge in [0.25, 0.3) is 0 Å². The molecule has 8 heteroatoms. The van der Waals surface area contributed by atoms with Crippen molar-refractivity contribution in [3.63, 3.8) is 0 Å². The van der Waals surface area contributed by atoms with Crippen molar-refractivity contribution in [2.75, 3.05) is 12.8 Å². The molecule has 0 atom stereocenters. The van der Waals surface area contributed by atoms with Crippen molar-refractivity contribution in [1.82, 2.24) is 9.88 Å². The van der Waals surface area contributed by atoms with Gasteiger partial charge in [0.05, 0.1) is 4.90 Å². The van der Waals surface area contributed by atoms with E-state index in [2.05, 4.69) is 9.88 Å². The van der Waals surface area contributed by atoms with Crippen molar-refractivity contribution in [3.8, 4) is 11.1 Å². The van der Waals surface area contributed by atoms with E-state index in [9.17, 15) is 21.6 Å². The first-order chi connectivity index (χ1) is 14.6. The molecular formula is C23H21F3N2O2S. The lowest BCUT2D eigenvalue weighted by Gasteiger charge is -2.29. The van der Waals surface area contributed by atoms with Gasteiger partial charge in [-0.3, -0.25) is 4.90 Å². The Bertz CT molecular complexity index is 1210. The van der Waals surface area contributed by atoms with E-state index >= 15 is 0 Å². The highest BCUT2D eigenvalue weighted by molar-refractivity contribution is 7.90. The Morgan fingerprint density at radius 3 is 2.45 bits per heavy atom. The molecule has 3 aromatic rings. The van der Waals surface area contributed by atoms with Gasteiger partial charge in [-0.05, 0) is 40.5 Å². The third-order valence-corrected chi connectivity index (χ3v) is 6.51. The van der Waals surface area contributed by atoms with Gasteiger partial charge in [-0.15, -0.1) is 0 Å². The molecule has 4 nitrogen and oxygen atoms in total. The van der Waals surface area contributed by atoms with Crippen LogP contribution in [-0.4, -0.2) is 31.1 Å². The van der Waals surface area contributed by atoms with E-state index in [1.807, 2.05) is 36.4 Å². The van der Waals surface area contributed by atoms with E-state index in [0.29, 0.717) is 31.7 Å². The SMILES string of the molecule is CS(=O)(=O)c1ccc(-c2ccccc2)c(CN2CCc3nc(C(F)(F)F)ccc3C2)c1. The topological polar surface area (TPSA) is 50.3 Å². The number of hydrogen-bond acceptors (Lipinski definition) is 4. The fourth-order valence-electron chi connectivity index (χ4n) is 3.84. The standard InChI is InChI=1S/C23H21F3N2O2S/c1-31(29,30)19-8-9-20(16-5-3-2-4-6-16)18(13-19)15-28-12-11-21-17(14-28)7-10-22(27-21)23(24,25)26/h2-10,13H,11-12,14-15H2,1H3. The molecular weight excluding hydrogens is 425 g/mol. The van der Waals surface area contributed by atoms with Gasteiger partial charge in [0.15, 0.2) is 9.84 Å². The van der Waals surface area contributed by atoms with Crippen LogP contribution in [0.1, 0.15) is 22.5 Å². The maximum Gasteiger partial charge on any atom is 0.433 e. The van der Waals surface area contributed by atoms with Crippen LogP contribution in [0, 0.1) is 0 Å². The van der Waals surface area contributed by atoms with Gasteiger partial charge < -0.3 is 0 Å². The second-order valence-corrected chi connectivity index (χ2v) is 9.73. The molecule has 0 saturated carbocycles. The van der Waals surface area contributed by atoms with Crippen molar-refractivity contribution >= 4 is 9.84 Å². The molecule has 162 valence electrons. The summed E-state index contributed by atoms with van der Waals surface area (Å²) in [5, 5.41) is 0. The zero-order valence-electron chi connectivity index (χ0n) is 16.9. The van der Waals surface area contributed by atoms with Gasteiger partial charge >= 0.3 is 6.18 Å². The molecule has 0 unspecified atom stereocenters. The number of rotatable bonds is 4. The number of alkyl halides is 3. The van der Waals surface area contributed by atoms with Crippen LogP contribution in [0.15, 0.2) is 65.6 Å². The predicted octanol–water partition coefficient (Wildman–Crippen LogP) is 4.73. The Labute approximate surface area is 179 Å². The minimum Gasteiger partial charge on any atom is -0.294 e. The highest BCUT2D eigenvalue weighted by Gasteiger charge is 2.33. The summed E-state index contributed by atoms with van der Waals surface area (Å²) in [6.45, 7) is 1.48. The average Bonchev–Trinajstić information content (AvgIpc) is 2.72. The highest BCUT2D eigenvalue weighted by atomic mass is 32.2. The molecule has 1 aliphatic rings. The summed E-state index contributed by atoms with van der Waals surface area (Å²) in [6.07, 6.45) is -2.87. The molecule has 0 saturated heterocycles. The van der Waals surface area contributed by atoms with Crippen LogP contribution < -0.4 is 0 Å². The van der Waals surface area contributed by atoms with Crippen LogP contribution in [0.3, 0.4) is 0 Å². The maximum absolute atomic E-state index is 12.9. The minimum absolute atomic E-state index is 0.246. The van der Waals surface area contributed by atoms with Crippen LogP contribution >= 0.6 is 0 Å². The molecule has 31 heavy (non-hydrogen) atoms. The van der Waals surface area contributed by atoms with Crippen LogP contribution in [0.5, 0.6) is 0 Å². The maximum atomic E-state index is 12.9. The quantitative estimate of drug-likeness (QED) is 0.582. The van der Waals surface area contributed by atoms with E-state index in [-0.39, 0.29) is 4.90 Å². The Morgan fingerprint density at radius 1 is 1.03 bits per heavy atom. The first-order valence-corrected chi connectivity index (χ1v) is 11.7. The van der Waals surface area contributed by atoms with E-state index in [4.69, 9.17) is 0 Å². The fraction of sp³-hybridized carbons (Fsp3) is 0.261. The second-order valence-electron chi connectivity index (χ2n) is 7.72. The van der Waals surface area contributed by atoms with Gasteiger partial charge in [-0.1, -0.05) is 42.5 Å². The molecule has 1 aromatic heterocycles. The molecule has 0 fully saturated rings. The smallest absolute Gasteiger partial charge is 0.294 e. The lowest BCUT2D eigenvalue weighted by molar-refractivity contribution is -0.141. The summed E-state index contributed by atoms with van der Waals surface area (Å²) in [7, 11) is -3.37. The van der Waals surface area contributed by atoms with Crippen molar-refractivity contribution in [1.29, 1.82) is 0 Å².